The highest BCUT2D eigenvalue weighted by Gasteiger charge is 2.35. The first-order chi connectivity index (χ1) is 10.6. The number of carbonyl (C=O) groups is 1. The van der Waals surface area contributed by atoms with E-state index in [1.54, 1.807) is 17.0 Å². The Morgan fingerprint density at radius 1 is 1.43 bits per heavy atom. The van der Waals surface area contributed by atoms with Gasteiger partial charge in [-0.2, -0.15) is 0 Å². The van der Waals surface area contributed by atoms with Crippen molar-refractivity contribution in [2.75, 3.05) is 6.54 Å². The van der Waals surface area contributed by atoms with Gasteiger partial charge >= 0.3 is 0 Å². The fourth-order valence-electron chi connectivity index (χ4n) is 3.07. The number of hydrogen-bond acceptors (Lipinski definition) is 3. The quantitative estimate of drug-likeness (QED) is 0.931. The number of nitrogens with zero attached hydrogens (tertiary/aromatic N) is 1. The monoisotopic (exact) mass is 338 g/mol. The standard InChI is InChI=1S/C17H19FN2O2.ClH/c1-11-5-16(12-3-2-4-14(18)6-12)20(9-11)17(21)13-7-15(8-19)22-10-13;/h2-4,6-7,10-11,16H,5,8-9,19H2,1H3;1H. The highest BCUT2D eigenvalue weighted by molar-refractivity contribution is 5.94. The number of likely N-dealkylation sites (tertiary alicyclic amines) is 1. The Morgan fingerprint density at radius 2 is 2.22 bits per heavy atom. The van der Waals surface area contributed by atoms with E-state index in [0.29, 0.717) is 23.8 Å². The van der Waals surface area contributed by atoms with E-state index in [2.05, 4.69) is 6.92 Å². The smallest absolute Gasteiger partial charge is 0.257 e. The molecule has 1 fully saturated rings. The van der Waals surface area contributed by atoms with E-state index in [1.807, 2.05) is 6.07 Å². The summed E-state index contributed by atoms with van der Waals surface area (Å²) in [6.07, 6.45) is 2.27. The highest BCUT2D eigenvalue weighted by Crippen LogP contribution is 2.36. The van der Waals surface area contributed by atoms with Gasteiger partial charge in [0.15, 0.2) is 0 Å². The Kier molecular flexibility index (Phi) is 5.44. The molecule has 1 aromatic carbocycles. The van der Waals surface area contributed by atoms with Crippen LogP contribution in [0, 0.1) is 11.7 Å². The van der Waals surface area contributed by atoms with Crippen molar-refractivity contribution >= 4 is 18.3 Å². The van der Waals surface area contributed by atoms with Crippen molar-refractivity contribution in [1.82, 2.24) is 4.90 Å². The van der Waals surface area contributed by atoms with Crippen LogP contribution in [0.5, 0.6) is 0 Å². The Hall–Kier alpha value is -1.85. The third kappa shape index (κ3) is 3.57. The number of carbonyl (C=O) groups excluding carboxylic acids is 1. The van der Waals surface area contributed by atoms with Crippen LogP contribution in [-0.4, -0.2) is 17.4 Å². The van der Waals surface area contributed by atoms with Crippen LogP contribution in [0.3, 0.4) is 0 Å². The Balaban J connectivity index is 0.00000192. The van der Waals surface area contributed by atoms with Gasteiger partial charge in [-0.15, -0.1) is 12.4 Å². The van der Waals surface area contributed by atoms with Gasteiger partial charge in [0.2, 0.25) is 0 Å². The molecule has 2 heterocycles. The maximum atomic E-state index is 13.5. The van der Waals surface area contributed by atoms with Crippen LogP contribution >= 0.6 is 12.4 Å². The zero-order valence-electron chi connectivity index (χ0n) is 12.9. The summed E-state index contributed by atoms with van der Waals surface area (Å²) in [5.41, 5.74) is 6.84. The molecule has 0 saturated carbocycles. The van der Waals surface area contributed by atoms with Crippen LogP contribution in [0.2, 0.25) is 0 Å². The lowest BCUT2D eigenvalue weighted by atomic mass is 10.0. The Labute approximate surface area is 140 Å². The zero-order chi connectivity index (χ0) is 15.7. The van der Waals surface area contributed by atoms with Crippen LogP contribution < -0.4 is 5.73 Å². The first-order valence-electron chi connectivity index (χ1n) is 7.42. The number of hydrogen-bond donors (Lipinski definition) is 1. The molecule has 3 rings (SSSR count). The molecule has 4 nitrogen and oxygen atoms in total. The fourth-order valence-corrected chi connectivity index (χ4v) is 3.07. The van der Waals surface area contributed by atoms with E-state index in [1.165, 1.54) is 18.4 Å². The molecule has 0 bridgehead atoms. The molecule has 23 heavy (non-hydrogen) atoms. The maximum absolute atomic E-state index is 13.5. The molecule has 2 atom stereocenters. The maximum Gasteiger partial charge on any atom is 0.257 e. The number of rotatable bonds is 3. The molecule has 124 valence electrons. The summed E-state index contributed by atoms with van der Waals surface area (Å²) < 4.78 is 18.7. The van der Waals surface area contributed by atoms with Gasteiger partial charge in [-0.3, -0.25) is 4.79 Å². The van der Waals surface area contributed by atoms with E-state index < -0.39 is 0 Å². The minimum atomic E-state index is -0.279. The normalized spacial score (nSPS) is 20.4. The first-order valence-corrected chi connectivity index (χ1v) is 7.42. The minimum absolute atomic E-state index is 0. The molecule has 2 N–H and O–H groups in total. The summed E-state index contributed by atoms with van der Waals surface area (Å²) in [6.45, 7) is 3.01. The lowest BCUT2D eigenvalue weighted by Gasteiger charge is -2.24. The number of benzene rings is 1. The van der Waals surface area contributed by atoms with Gasteiger partial charge in [0.25, 0.3) is 5.91 Å². The van der Waals surface area contributed by atoms with Crippen molar-refractivity contribution in [1.29, 1.82) is 0 Å². The predicted molar refractivity (Wildman–Crippen MR) is 87.8 cm³/mol. The number of furan rings is 1. The van der Waals surface area contributed by atoms with Crippen LogP contribution in [0.25, 0.3) is 0 Å². The third-order valence-electron chi connectivity index (χ3n) is 4.11. The van der Waals surface area contributed by atoms with Crippen molar-refractivity contribution in [3.63, 3.8) is 0 Å². The summed E-state index contributed by atoms with van der Waals surface area (Å²) in [5.74, 6) is 0.580. The van der Waals surface area contributed by atoms with Crippen molar-refractivity contribution in [2.24, 2.45) is 11.7 Å². The molecular formula is C17H20ClFN2O2. The molecule has 2 aromatic rings. The molecule has 6 heteroatoms. The first kappa shape index (κ1) is 17.5. The molecule has 1 aromatic heterocycles. The van der Waals surface area contributed by atoms with Crippen LogP contribution in [0.1, 0.15) is 41.1 Å². The van der Waals surface area contributed by atoms with Gasteiger partial charge in [0.05, 0.1) is 18.2 Å². The summed E-state index contributed by atoms with van der Waals surface area (Å²) in [5, 5.41) is 0. The highest BCUT2D eigenvalue weighted by atomic mass is 35.5. The average molecular weight is 339 g/mol. The molecule has 1 saturated heterocycles. The predicted octanol–water partition coefficient (Wildman–Crippen LogP) is 3.52. The lowest BCUT2D eigenvalue weighted by molar-refractivity contribution is 0.0731. The topological polar surface area (TPSA) is 59.5 Å². The van der Waals surface area contributed by atoms with Crippen molar-refractivity contribution in [3.8, 4) is 0 Å². The van der Waals surface area contributed by atoms with E-state index >= 15 is 0 Å². The van der Waals surface area contributed by atoms with Gasteiger partial charge in [-0.1, -0.05) is 19.1 Å². The molecule has 2 unspecified atom stereocenters. The largest absolute Gasteiger partial charge is 0.467 e. The second kappa shape index (κ2) is 7.15. The average Bonchev–Trinajstić information content (AvgIpc) is 3.13. The van der Waals surface area contributed by atoms with E-state index in [0.717, 1.165) is 12.0 Å². The summed E-state index contributed by atoms with van der Waals surface area (Å²) in [6, 6.07) is 8.04. The van der Waals surface area contributed by atoms with Crippen molar-refractivity contribution in [2.45, 2.75) is 25.9 Å². The van der Waals surface area contributed by atoms with Crippen LogP contribution in [-0.2, 0) is 6.54 Å². The fraction of sp³-hybridized carbons (Fsp3) is 0.353. The molecular weight excluding hydrogens is 319 g/mol. The molecule has 1 aliphatic rings. The molecule has 0 aliphatic carbocycles. The number of halogens is 2. The lowest BCUT2D eigenvalue weighted by Crippen LogP contribution is -2.30. The molecule has 0 spiro atoms. The third-order valence-corrected chi connectivity index (χ3v) is 4.11. The summed E-state index contributed by atoms with van der Waals surface area (Å²) >= 11 is 0. The number of nitrogens with two attached hydrogens (primary N) is 1. The van der Waals surface area contributed by atoms with Crippen LogP contribution in [0.4, 0.5) is 4.39 Å². The molecule has 1 aliphatic heterocycles. The second-order valence-corrected chi connectivity index (χ2v) is 5.88. The summed E-state index contributed by atoms with van der Waals surface area (Å²) in [7, 11) is 0. The summed E-state index contributed by atoms with van der Waals surface area (Å²) in [4.78, 5) is 14.5. The Morgan fingerprint density at radius 3 is 2.87 bits per heavy atom. The Bertz CT molecular complexity index is 689. The van der Waals surface area contributed by atoms with E-state index in [9.17, 15) is 9.18 Å². The molecule has 0 radical (unpaired) electrons. The van der Waals surface area contributed by atoms with Gasteiger partial charge in [0, 0.05) is 6.54 Å². The molecule has 1 amide bonds. The number of amides is 1. The van der Waals surface area contributed by atoms with Gasteiger partial charge in [-0.25, -0.2) is 4.39 Å². The minimum Gasteiger partial charge on any atom is -0.467 e. The van der Waals surface area contributed by atoms with E-state index in [4.69, 9.17) is 10.2 Å². The second-order valence-electron chi connectivity index (χ2n) is 5.88. The van der Waals surface area contributed by atoms with Gasteiger partial charge in [-0.05, 0) is 36.1 Å². The van der Waals surface area contributed by atoms with Crippen molar-refractivity contribution < 1.29 is 13.6 Å². The zero-order valence-corrected chi connectivity index (χ0v) is 13.7. The SMILES string of the molecule is CC1CC(c2cccc(F)c2)N(C(=O)c2coc(CN)c2)C1.Cl. The van der Waals surface area contributed by atoms with Crippen molar-refractivity contribution in [3.05, 3.63) is 59.3 Å². The van der Waals surface area contributed by atoms with E-state index in [-0.39, 0.29) is 36.7 Å². The van der Waals surface area contributed by atoms with Crippen LogP contribution in [0.15, 0.2) is 41.0 Å². The van der Waals surface area contributed by atoms with Gasteiger partial charge < -0.3 is 15.1 Å². The van der Waals surface area contributed by atoms with Gasteiger partial charge in [0.1, 0.15) is 17.8 Å².